The van der Waals surface area contributed by atoms with E-state index in [1.54, 1.807) is 29.4 Å². The Hall–Kier alpha value is -4.33. The summed E-state index contributed by atoms with van der Waals surface area (Å²) in [5.74, 6) is 0.339. The molecule has 0 radical (unpaired) electrons. The summed E-state index contributed by atoms with van der Waals surface area (Å²) in [5.41, 5.74) is 4.35. The minimum absolute atomic E-state index is 0.0276. The lowest BCUT2D eigenvalue weighted by Gasteiger charge is -2.16. The summed E-state index contributed by atoms with van der Waals surface area (Å²) in [6.07, 6.45) is 3.63. The number of rotatable bonds is 6. The van der Waals surface area contributed by atoms with E-state index in [-0.39, 0.29) is 18.2 Å². The number of aromatic nitrogens is 3. The highest BCUT2D eigenvalue weighted by molar-refractivity contribution is 5.97. The molecule has 1 saturated heterocycles. The van der Waals surface area contributed by atoms with Gasteiger partial charge in [-0.1, -0.05) is 35.0 Å². The fraction of sp³-hybridized carbons (Fsp3) is 0.192. The van der Waals surface area contributed by atoms with E-state index in [4.69, 9.17) is 4.52 Å². The Morgan fingerprint density at radius 3 is 2.74 bits per heavy atom. The Kier molecular flexibility index (Phi) is 5.86. The first kappa shape index (κ1) is 21.5. The number of hydrogen-bond donors (Lipinski definition) is 1. The minimum Gasteiger partial charge on any atom is -0.337 e. The molecule has 0 aliphatic carbocycles. The molecule has 3 heterocycles. The van der Waals surface area contributed by atoms with Crippen molar-refractivity contribution < 1.29 is 14.1 Å². The molecule has 1 fully saturated rings. The Morgan fingerprint density at radius 1 is 1.12 bits per heavy atom. The highest BCUT2D eigenvalue weighted by atomic mass is 16.5. The number of likely N-dealkylation sites (tertiary alicyclic amines) is 1. The average molecular weight is 454 g/mol. The molecule has 2 amide bonds. The lowest BCUT2D eigenvalue weighted by molar-refractivity contribution is -0.128. The summed E-state index contributed by atoms with van der Waals surface area (Å²) in [6.45, 7) is 2.86. The third-order valence-corrected chi connectivity index (χ3v) is 5.78. The van der Waals surface area contributed by atoms with Crippen molar-refractivity contribution >= 4 is 17.5 Å². The van der Waals surface area contributed by atoms with Crippen molar-refractivity contribution in [2.45, 2.75) is 19.9 Å². The average Bonchev–Trinajstić information content (AvgIpc) is 3.48. The number of pyridine rings is 1. The molecule has 1 aliphatic heterocycles. The Labute approximate surface area is 196 Å². The standard InChI is InChI=1S/C26H23N5O3/c1-17-4-2-6-20(12-17)24-29-26(34-30-24)19-7-9-22(10-8-19)28-25(33)21-13-23(32)31(16-21)15-18-5-3-11-27-14-18/h2-12,14,21H,13,15-16H2,1H3,(H,28,33). The molecule has 5 rings (SSSR count). The molecule has 1 atom stereocenters. The van der Waals surface area contributed by atoms with Gasteiger partial charge in [-0.25, -0.2) is 0 Å². The zero-order valence-electron chi connectivity index (χ0n) is 18.6. The van der Waals surface area contributed by atoms with Crippen LogP contribution >= 0.6 is 0 Å². The highest BCUT2D eigenvalue weighted by Crippen LogP contribution is 2.25. The molecule has 1 unspecified atom stereocenters. The molecule has 2 aromatic heterocycles. The van der Waals surface area contributed by atoms with Gasteiger partial charge in [-0.05, 0) is 48.9 Å². The zero-order valence-corrected chi connectivity index (χ0v) is 18.6. The second-order valence-corrected chi connectivity index (χ2v) is 8.40. The summed E-state index contributed by atoms with van der Waals surface area (Å²) in [6, 6.07) is 18.9. The molecule has 0 spiro atoms. The molecule has 8 heteroatoms. The van der Waals surface area contributed by atoms with E-state index in [1.807, 2.05) is 55.5 Å². The van der Waals surface area contributed by atoms with Crippen molar-refractivity contribution in [2.75, 3.05) is 11.9 Å². The van der Waals surface area contributed by atoms with Crippen molar-refractivity contribution in [3.63, 3.8) is 0 Å². The summed E-state index contributed by atoms with van der Waals surface area (Å²) >= 11 is 0. The maximum atomic E-state index is 12.8. The summed E-state index contributed by atoms with van der Waals surface area (Å²) in [4.78, 5) is 35.4. The molecule has 1 aliphatic rings. The van der Waals surface area contributed by atoms with Crippen LogP contribution in [0.2, 0.25) is 0 Å². The zero-order chi connectivity index (χ0) is 23.5. The van der Waals surface area contributed by atoms with E-state index >= 15 is 0 Å². The van der Waals surface area contributed by atoms with Gasteiger partial charge in [-0.2, -0.15) is 4.98 Å². The van der Waals surface area contributed by atoms with E-state index in [0.29, 0.717) is 30.5 Å². The molecule has 4 aromatic rings. The number of anilines is 1. The van der Waals surface area contributed by atoms with Gasteiger partial charge < -0.3 is 14.7 Å². The van der Waals surface area contributed by atoms with Crippen molar-refractivity contribution in [3.05, 3.63) is 84.2 Å². The number of carbonyl (C=O) groups excluding carboxylic acids is 2. The third kappa shape index (κ3) is 4.71. The van der Waals surface area contributed by atoms with Crippen molar-refractivity contribution in [2.24, 2.45) is 5.92 Å². The lowest BCUT2D eigenvalue weighted by atomic mass is 10.1. The van der Waals surface area contributed by atoms with Gasteiger partial charge in [0.15, 0.2) is 0 Å². The second-order valence-electron chi connectivity index (χ2n) is 8.40. The fourth-order valence-corrected chi connectivity index (χ4v) is 4.00. The third-order valence-electron chi connectivity index (χ3n) is 5.78. The van der Waals surface area contributed by atoms with Crippen LogP contribution in [0.15, 0.2) is 77.6 Å². The molecule has 34 heavy (non-hydrogen) atoms. The van der Waals surface area contributed by atoms with E-state index in [9.17, 15) is 9.59 Å². The molecular formula is C26H23N5O3. The Morgan fingerprint density at radius 2 is 1.97 bits per heavy atom. The van der Waals surface area contributed by atoms with Crippen molar-refractivity contribution in [3.8, 4) is 22.8 Å². The van der Waals surface area contributed by atoms with Crippen LogP contribution in [0.25, 0.3) is 22.8 Å². The van der Waals surface area contributed by atoms with Crippen molar-refractivity contribution in [1.82, 2.24) is 20.0 Å². The quantitative estimate of drug-likeness (QED) is 0.472. The maximum absolute atomic E-state index is 12.8. The smallest absolute Gasteiger partial charge is 0.258 e. The topological polar surface area (TPSA) is 101 Å². The number of amides is 2. The van der Waals surface area contributed by atoms with Crippen molar-refractivity contribution in [1.29, 1.82) is 0 Å². The van der Waals surface area contributed by atoms with Crippen LogP contribution in [-0.2, 0) is 16.1 Å². The van der Waals surface area contributed by atoms with Gasteiger partial charge in [-0.15, -0.1) is 0 Å². The Balaban J connectivity index is 1.21. The number of benzene rings is 2. The second kappa shape index (κ2) is 9.27. The van der Waals surface area contributed by atoms with Gasteiger partial charge in [0, 0.05) is 48.7 Å². The molecule has 8 nitrogen and oxygen atoms in total. The summed E-state index contributed by atoms with van der Waals surface area (Å²) in [7, 11) is 0. The largest absolute Gasteiger partial charge is 0.337 e. The van der Waals surface area contributed by atoms with Gasteiger partial charge in [-0.3, -0.25) is 14.6 Å². The molecule has 0 saturated carbocycles. The molecular weight excluding hydrogens is 430 g/mol. The predicted molar refractivity (Wildman–Crippen MR) is 126 cm³/mol. The van der Waals surface area contributed by atoms with Gasteiger partial charge in [0.2, 0.25) is 17.6 Å². The highest BCUT2D eigenvalue weighted by Gasteiger charge is 2.34. The van der Waals surface area contributed by atoms with E-state index < -0.39 is 5.92 Å². The molecule has 0 bridgehead atoms. The summed E-state index contributed by atoms with van der Waals surface area (Å²) in [5, 5.41) is 6.98. The summed E-state index contributed by atoms with van der Waals surface area (Å²) < 4.78 is 5.42. The van der Waals surface area contributed by atoms with Gasteiger partial charge in [0.25, 0.3) is 5.89 Å². The SMILES string of the molecule is Cc1cccc(-c2noc(-c3ccc(NC(=O)C4CC(=O)N(Cc5cccnc5)C4)cc3)n2)c1. The minimum atomic E-state index is -0.392. The first-order valence-electron chi connectivity index (χ1n) is 11.0. The monoisotopic (exact) mass is 453 g/mol. The van der Waals surface area contributed by atoms with Crippen LogP contribution in [0.1, 0.15) is 17.5 Å². The van der Waals surface area contributed by atoms with Crippen LogP contribution in [0.5, 0.6) is 0 Å². The first-order chi connectivity index (χ1) is 16.5. The number of nitrogens with one attached hydrogen (secondary N) is 1. The number of aryl methyl sites for hydroxylation is 1. The first-order valence-corrected chi connectivity index (χ1v) is 11.0. The van der Waals surface area contributed by atoms with Crippen LogP contribution in [0.3, 0.4) is 0 Å². The van der Waals surface area contributed by atoms with Gasteiger partial charge in [0.05, 0.1) is 5.92 Å². The number of hydrogen-bond acceptors (Lipinski definition) is 6. The maximum Gasteiger partial charge on any atom is 0.258 e. The van der Waals surface area contributed by atoms with E-state index in [0.717, 1.165) is 22.3 Å². The van der Waals surface area contributed by atoms with Crippen LogP contribution in [-0.4, -0.2) is 38.4 Å². The lowest BCUT2D eigenvalue weighted by Crippen LogP contribution is -2.28. The molecule has 170 valence electrons. The van der Waals surface area contributed by atoms with E-state index in [2.05, 4.69) is 20.4 Å². The van der Waals surface area contributed by atoms with Crippen LogP contribution in [0, 0.1) is 12.8 Å². The number of carbonyl (C=O) groups is 2. The fourth-order valence-electron chi connectivity index (χ4n) is 4.00. The Bertz CT molecular complexity index is 1320. The normalized spacial score (nSPS) is 15.5. The molecule has 2 aromatic carbocycles. The van der Waals surface area contributed by atoms with Crippen LogP contribution in [0.4, 0.5) is 5.69 Å². The van der Waals surface area contributed by atoms with Gasteiger partial charge in [0.1, 0.15) is 0 Å². The van der Waals surface area contributed by atoms with E-state index in [1.165, 1.54) is 0 Å². The van der Waals surface area contributed by atoms with Crippen LogP contribution < -0.4 is 5.32 Å². The number of nitrogens with zero attached hydrogens (tertiary/aromatic N) is 4. The van der Waals surface area contributed by atoms with Gasteiger partial charge >= 0.3 is 0 Å². The predicted octanol–water partition coefficient (Wildman–Crippen LogP) is 4.09. The molecule has 1 N–H and O–H groups in total.